The number of hydrogen-bond acceptors (Lipinski definition) is 5. The zero-order valence-corrected chi connectivity index (χ0v) is 16.9. The van der Waals surface area contributed by atoms with E-state index in [1.54, 1.807) is 30.9 Å². The second-order valence-electron chi connectivity index (χ2n) is 6.83. The number of nitrogens with zero attached hydrogens (tertiary/aromatic N) is 4. The number of anilines is 2. The van der Waals surface area contributed by atoms with Gasteiger partial charge in [-0.15, -0.1) is 0 Å². The lowest BCUT2D eigenvalue weighted by Crippen LogP contribution is -2.01. The Morgan fingerprint density at radius 2 is 1.68 bits per heavy atom. The minimum Gasteiger partial charge on any atom is -0.340 e. The molecule has 150 valence electrons. The molecule has 3 aromatic heterocycles. The number of fused-ring (bicyclic) bond motifs is 1. The molecule has 1 N–H and O–H groups in total. The Morgan fingerprint density at radius 3 is 2.45 bits per heavy atom. The normalized spacial score (nSPS) is 10.9. The quantitative estimate of drug-likeness (QED) is 0.365. The topological polar surface area (TPSA) is 63.6 Å². The molecule has 0 radical (unpaired) electrons. The first kappa shape index (κ1) is 19.1. The van der Waals surface area contributed by atoms with Crippen molar-refractivity contribution in [3.8, 4) is 22.5 Å². The van der Waals surface area contributed by atoms with Crippen LogP contribution in [0.3, 0.4) is 0 Å². The number of hydrogen-bond donors (Lipinski definition) is 1. The molecule has 5 rings (SSSR count). The van der Waals surface area contributed by atoms with E-state index in [2.05, 4.69) is 15.3 Å². The molecule has 31 heavy (non-hydrogen) atoms. The van der Waals surface area contributed by atoms with Crippen LogP contribution >= 0.6 is 11.6 Å². The molecule has 0 amide bonds. The fourth-order valence-corrected chi connectivity index (χ4v) is 3.53. The Hall–Kier alpha value is -3.90. The summed E-state index contributed by atoms with van der Waals surface area (Å²) in [7, 11) is 0. The van der Waals surface area contributed by atoms with Crippen LogP contribution in [0.5, 0.6) is 0 Å². The molecule has 5 aromatic rings. The molecule has 3 heterocycles. The number of halogens is 2. The molecule has 0 aliphatic carbocycles. The van der Waals surface area contributed by atoms with Crippen LogP contribution in [0.25, 0.3) is 33.4 Å². The van der Waals surface area contributed by atoms with Crippen molar-refractivity contribution in [2.24, 2.45) is 0 Å². The van der Waals surface area contributed by atoms with Gasteiger partial charge in [-0.05, 0) is 54.1 Å². The number of pyridine rings is 2. The maximum Gasteiger partial charge on any atom is 0.163 e. The van der Waals surface area contributed by atoms with Crippen LogP contribution in [-0.4, -0.2) is 19.9 Å². The van der Waals surface area contributed by atoms with Gasteiger partial charge in [0, 0.05) is 47.0 Å². The van der Waals surface area contributed by atoms with E-state index in [0.717, 1.165) is 27.6 Å². The van der Waals surface area contributed by atoms with Crippen molar-refractivity contribution in [2.45, 2.75) is 0 Å². The number of nitrogens with one attached hydrogen (secondary N) is 1. The standard InChI is InChI=1S/C24H15ClFN5/c25-20-13-17(6-7-21(20)26)29-24-19-5-1-4-18(15-8-11-27-12-9-15)22(19)30-23(31-24)16-3-2-10-28-14-16/h1-14H,(H,29,30,31). The Balaban J connectivity index is 1.74. The number of aromatic nitrogens is 4. The molecule has 0 saturated heterocycles. The van der Waals surface area contributed by atoms with Crippen molar-refractivity contribution >= 4 is 34.0 Å². The van der Waals surface area contributed by atoms with Crippen LogP contribution in [0.15, 0.2) is 85.5 Å². The highest BCUT2D eigenvalue weighted by atomic mass is 35.5. The maximum atomic E-state index is 13.6. The molecule has 0 fully saturated rings. The van der Waals surface area contributed by atoms with Gasteiger partial charge in [-0.3, -0.25) is 9.97 Å². The molecule has 0 unspecified atom stereocenters. The van der Waals surface area contributed by atoms with E-state index in [9.17, 15) is 4.39 Å². The molecule has 0 atom stereocenters. The van der Waals surface area contributed by atoms with Gasteiger partial charge in [-0.25, -0.2) is 14.4 Å². The van der Waals surface area contributed by atoms with Gasteiger partial charge < -0.3 is 5.32 Å². The van der Waals surface area contributed by atoms with E-state index in [-0.39, 0.29) is 5.02 Å². The van der Waals surface area contributed by atoms with E-state index < -0.39 is 5.82 Å². The van der Waals surface area contributed by atoms with Crippen molar-refractivity contribution in [1.82, 2.24) is 19.9 Å². The van der Waals surface area contributed by atoms with Crippen LogP contribution in [0.2, 0.25) is 5.02 Å². The Bertz CT molecular complexity index is 1380. The average Bonchev–Trinajstić information content (AvgIpc) is 2.82. The van der Waals surface area contributed by atoms with Crippen molar-refractivity contribution in [1.29, 1.82) is 0 Å². The van der Waals surface area contributed by atoms with Crippen LogP contribution in [-0.2, 0) is 0 Å². The van der Waals surface area contributed by atoms with E-state index in [4.69, 9.17) is 21.6 Å². The molecule has 0 spiro atoms. The zero-order valence-electron chi connectivity index (χ0n) is 16.1. The molecule has 0 bridgehead atoms. The molecule has 0 aliphatic rings. The largest absolute Gasteiger partial charge is 0.340 e. The van der Waals surface area contributed by atoms with Crippen LogP contribution in [0.1, 0.15) is 0 Å². The molecule has 0 aliphatic heterocycles. The Morgan fingerprint density at radius 1 is 0.806 bits per heavy atom. The summed E-state index contributed by atoms with van der Waals surface area (Å²) >= 11 is 5.97. The van der Waals surface area contributed by atoms with Gasteiger partial charge in [0.2, 0.25) is 0 Å². The van der Waals surface area contributed by atoms with Crippen molar-refractivity contribution in [3.63, 3.8) is 0 Å². The van der Waals surface area contributed by atoms with Crippen LogP contribution < -0.4 is 5.32 Å². The lowest BCUT2D eigenvalue weighted by atomic mass is 10.0. The summed E-state index contributed by atoms with van der Waals surface area (Å²) in [4.78, 5) is 17.9. The van der Waals surface area contributed by atoms with Gasteiger partial charge in [0.25, 0.3) is 0 Å². The smallest absolute Gasteiger partial charge is 0.163 e. The first-order valence-electron chi connectivity index (χ1n) is 9.53. The first-order chi connectivity index (χ1) is 15.2. The summed E-state index contributed by atoms with van der Waals surface area (Å²) in [5.41, 5.74) is 4.13. The van der Waals surface area contributed by atoms with Crippen LogP contribution in [0.4, 0.5) is 15.9 Å². The lowest BCUT2D eigenvalue weighted by molar-refractivity contribution is 0.628. The minimum absolute atomic E-state index is 0.0355. The summed E-state index contributed by atoms with van der Waals surface area (Å²) in [6, 6.07) is 18.0. The van der Waals surface area contributed by atoms with Crippen LogP contribution in [0, 0.1) is 5.82 Å². The van der Waals surface area contributed by atoms with E-state index >= 15 is 0 Å². The Labute approximate surface area is 182 Å². The third-order valence-corrected chi connectivity index (χ3v) is 5.11. The van der Waals surface area contributed by atoms with E-state index in [1.165, 1.54) is 12.1 Å². The molecular formula is C24H15ClFN5. The molecular weight excluding hydrogens is 413 g/mol. The predicted molar refractivity (Wildman–Crippen MR) is 121 cm³/mol. The number of benzene rings is 2. The third kappa shape index (κ3) is 3.81. The summed E-state index contributed by atoms with van der Waals surface area (Å²) in [5.74, 6) is 0.635. The summed E-state index contributed by atoms with van der Waals surface area (Å²) in [6.07, 6.45) is 6.91. The number of rotatable bonds is 4. The molecule has 2 aromatic carbocycles. The van der Waals surface area contributed by atoms with Gasteiger partial charge in [0.1, 0.15) is 11.6 Å². The first-order valence-corrected chi connectivity index (χ1v) is 9.90. The second kappa shape index (κ2) is 8.08. The van der Waals surface area contributed by atoms with Gasteiger partial charge in [-0.2, -0.15) is 0 Å². The van der Waals surface area contributed by atoms with Gasteiger partial charge in [0.15, 0.2) is 5.82 Å². The van der Waals surface area contributed by atoms with E-state index in [1.807, 2.05) is 42.5 Å². The van der Waals surface area contributed by atoms with Crippen molar-refractivity contribution in [2.75, 3.05) is 5.32 Å². The van der Waals surface area contributed by atoms with Crippen molar-refractivity contribution < 1.29 is 4.39 Å². The highest BCUT2D eigenvalue weighted by Crippen LogP contribution is 2.34. The van der Waals surface area contributed by atoms with Crippen molar-refractivity contribution in [3.05, 3.63) is 96.3 Å². The average molecular weight is 428 g/mol. The SMILES string of the molecule is Fc1ccc(Nc2nc(-c3cccnc3)nc3c(-c4ccncc4)cccc23)cc1Cl. The summed E-state index contributed by atoms with van der Waals surface area (Å²) < 4.78 is 13.6. The third-order valence-electron chi connectivity index (χ3n) is 4.82. The monoisotopic (exact) mass is 427 g/mol. The second-order valence-corrected chi connectivity index (χ2v) is 7.24. The fourth-order valence-electron chi connectivity index (χ4n) is 3.35. The summed E-state index contributed by atoms with van der Waals surface area (Å²) in [6.45, 7) is 0. The minimum atomic E-state index is -0.476. The molecule has 7 heteroatoms. The summed E-state index contributed by atoms with van der Waals surface area (Å²) in [5, 5.41) is 4.13. The van der Waals surface area contributed by atoms with Gasteiger partial charge >= 0.3 is 0 Å². The number of para-hydroxylation sites is 1. The zero-order chi connectivity index (χ0) is 21.2. The lowest BCUT2D eigenvalue weighted by Gasteiger charge is -2.14. The van der Waals surface area contributed by atoms with E-state index in [0.29, 0.717) is 17.3 Å². The molecule has 5 nitrogen and oxygen atoms in total. The van der Waals surface area contributed by atoms with Gasteiger partial charge in [-0.1, -0.05) is 23.7 Å². The van der Waals surface area contributed by atoms with Gasteiger partial charge in [0.05, 0.1) is 10.5 Å². The Kier molecular flexibility index (Phi) is 4.98. The molecule has 0 saturated carbocycles. The highest BCUT2D eigenvalue weighted by molar-refractivity contribution is 6.31. The fraction of sp³-hybridized carbons (Fsp3) is 0. The maximum absolute atomic E-state index is 13.6. The predicted octanol–water partition coefficient (Wildman–Crippen LogP) is 6.29. The highest BCUT2D eigenvalue weighted by Gasteiger charge is 2.14.